The van der Waals surface area contributed by atoms with E-state index in [2.05, 4.69) is 65.0 Å². The average Bonchev–Trinajstić information content (AvgIpc) is 1.30. The van der Waals surface area contributed by atoms with E-state index in [-0.39, 0.29) is 59.8 Å². The number of imidazole rings is 1. The number of allylic oxidation sites excluding steroid dienone is 3. The summed E-state index contributed by atoms with van der Waals surface area (Å²) in [5.74, 6) is -8.02. The number of amides is 5. The molecule has 17 N–H and O–H groups in total. The Morgan fingerprint density at radius 3 is 2.14 bits per heavy atom. The van der Waals surface area contributed by atoms with Crippen LogP contribution < -0.4 is 32.7 Å². The second kappa shape index (κ2) is 35.0. The van der Waals surface area contributed by atoms with Crippen LogP contribution in [0.25, 0.3) is 0 Å². The molecule has 5 amide bonds. The number of aliphatic hydroxyl groups excluding tert-OH is 8. The zero-order valence-electron chi connectivity index (χ0n) is 54.6. The van der Waals surface area contributed by atoms with Gasteiger partial charge in [-0.1, -0.05) is 33.8 Å². The maximum atomic E-state index is 15.2. The molecule has 33 heteroatoms. The van der Waals surface area contributed by atoms with E-state index in [1.807, 2.05) is 6.08 Å². The van der Waals surface area contributed by atoms with E-state index in [4.69, 9.17) is 35.2 Å². The molecular weight excluding hydrogens is 1250 g/mol. The van der Waals surface area contributed by atoms with Crippen LogP contribution in [-0.4, -0.2) is 225 Å². The van der Waals surface area contributed by atoms with Crippen molar-refractivity contribution in [2.45, 2.75) is 218 Å². The zero-order chi connectivity index (χ0) is 70.3. The molecule has 4 aliphatic heterocycles. The van der Waals surface area contributed by atoms with Gasteiger partial charge >= 0.3 is 6.09 Å². The molecule has 19 atom stereocenters. The molecule has 33 nitrogen and oxygen atoms in total. The number of aliphatic hydroxyl groups is 8. The second-order valence-corrected chi connectivity index (χ2v) is 25.0. The van der Waals surface area contributed by atoms with Gasteiger partial charge in [0.15, 0.2) is 25.0 Å². The number of nitrogen functional groups attached to an aromatic ring is 1. The molecule has 10 unspecified atom stereocenters. The van der Waals surface area contributed by atoms with Crippen LogP contribution in [0.1, 0.15) is 153 Å². The molecule has 0 aromatic carbocycles. The lowest BCUT2D eigenvalue weighted by molar-refractivity contribution is -0.390. The number of aromatic amines is 1. The maximum Gasteiger partial charge on any atom is 0.404 e. The van der Waals surface area contributed by atoms with Crippen molar-refractivity contribution in [3.05, 3.63) is 58.8 Å². The normalized spacial score (nSPS) is 25.6. The van der Waals surface area contributed by atoms with Gasteiger partial charge in [0, 0.05) is 74.2 Å². The third kappa shape index (κ3) is 20.6. The molecule has 2 fully saturated rings. The third-order valence-electron chi connectivity index (χ3n) is 17.1. The molecular formula is C62H92N12O21. The van der Waals surface area contributed by atoms with Gasteiger partial charge in [-0.25, -0.2) is 24.7 Å². The fourth-order valence-electron chi connectivity index (χ4n) is 11.1. The summed E-state index contributed by atoms with van der Waals surface area (Å²) in [6.07, 6.45) is -18.7. The molecule has 4 aliphatic rings. The standard InChI is InChI=1S/C62H92N12O21/c1-26(2)11-10-19-66-56(86)39-17-16-38(71-39)37-15-14-35(70-37)18-20-67-55(85)36(33(9)78)22-41(79)29(5)45(80)31(7)69-58(88)44(73-57(87)43-30(6)53(63)74-54(72-43)34(21-28(4)76)13-12-27(3)32(8)77)50(40-23-65-25-68-40)92-61-52(47(82)48(83)59(89)95-61)93-60-49(84)51(94-62(64)90)46(81)42(24-75)91-60/h15,17,23,25-27,29,31,33-34,36,42,44-52,59-61,75,78,80-84,89H,10-14,16,18-22,24H2,1-9H3,(H2,64,90)(H,65,68)(H,66,86)(H,67,85)(H,69,88)(H,73,87)(H2,63,72,74)/t27-,29+,31+,33+,34-,36-,42?,44-,45-,46?,47?,48?,49?,50-,51?,52?,59?,60?,61?/m0/s1. The average molecular weight is 1340 g/mol. The summed E-state index contributed by atoms with van der Waals surface area (Å²) < 4.78 is 28.3. The number of nitrogens with one attached hydrogen (secondary N) is 5. The van der Waals surface area contributed by atoms with Crippen LogP contribution in [0.5, 0.6) is 0 Å². The largest absolute Gasteiger partial charge is 0.441 e. The van der Waals surface area contributed by atoms with Gasteiger partial charge in [-0.2, -0.15) is 0 Å². The van der Waals surface area contributed by atoms with Gasteiger partial charge in [0.25, 0.3) is 11.8 Å². The van der Waals surface area contributed by atoms with E-state index in [0.29, 0.717) is 55.3 Å². The number of ketones is 3. The summed E-state index contributed by atoms with van der Waals surface area (Å²) in [5, 5.41) is 98.9. The number of nitrogens with two attached hydrogens (primary N) is 2. The zero-order valence-corrected chi connectivity index (χ0v) is 54.6. The van der Waals surface area contributed by atoms with Crippen LogP contribution >= 0.6 is 0 Å². The quantitative estimate of drug-likeness (QED) is 0.0356. The number of H-pyrrole nitrogens is 1. The van der Waals surface area contributed by atoms with Crippen LogP contribution in [-0.2, 0) is 52.5 Å². The van der Waals surface area contributed by atoms with Crippen molar-refractivity contribution in [1.82, 2.24) is 41.2 Å². The Morgan fingerprint density at radius 2 is 1.51 bits per heavy atom. The van der Waals surface area contributed by atoms with E-state index < -0.39 is 164 Å². The Kier molecular flexibility index (Phi) is 28.2. The molecule has 0 saturated carbocycles. The van der Waals surface area contributed by atoms with Crippen molar-refractivity contribution in [2.75, 3.05) is 25.4 Å². The number of aromatic nitrogens is 4. The Morgan fingerprint density at radius 1 is 0.789 bits per heavy atom. The molecule has 526 valence electrons. The lowest BCUT2D eigenvalue weighted by atomic mass is 9.87. The molecule has 2 aromatic rings. The predicted molar refractivity (Wildman–Crippen MR) is 334 cm³/mol. The first-order chi connectivity index (χ1) is 44.8. The minimum atomic E-state index is -2.30. The summed E-state index contributed by atoms with van der Waals surface area (Å²) in [5.41, 5.74) is 13.3. The van der Waals surface area contributed by atoms with Crippen molar-refractivity contribution in [3.63, 3.8) is 0 Å². The smallest absolute Gasteiger partial charge is 0.404 e. The fourth-order valence-corrected chi connectivity index (χ4v) is 11.1. The number of aliphatic imine (C=N–C) groups is 2. The summed E-state index contributed by atoms with van der Waals surface area (Å²) in [7, 11) is 0. The lowest BCUT2D eigenvalue weighted by Crippen LogP contribution is -2.65. The van der Waals surface area contributed by atoms with Crippen molar-refractivity contribution in [3.8, 4) is 0 Å². The molecule has 0 radical (unpaired) electrons. The molecule has 0 bridgehead atoms. The first-order valence-corrected chi connectivity index (χ1v) is 31.6. The van der Waals surface area contributed by atoms with Crippen LogP contribution in [0, 0.1) is 30.6 Å². The van der Waals surface area contributed by atoms with E-state index in [1.54, 1.807) is 13.0 Å². The number of Topliss-reactive ketones (excluding diaryl/α,β-unsaturated/α-hetero) is 3. The van der Waals surface area contributed by atoms with Gasteiger partial charge in [-0.15, -0.1) is 0 Å². The monoisotopic (exact) mass is 1340 g/mol. The molecule has 6 heterocycles. The molecule has 95 heavy (non-hydrogen) atoms. The Balaban J connectivity index is 1.24. The number of hydrogen-bond donors (Lipinski definition) is 15. The summed E-state index contributed by atoms with van der Waals surface area (Å²) >= 11 is 0. The van der Waals surface area contributed by atoms with Gasteiger partial charge < -0.3 is 107 Å². The fraction of sp³-hybridized carbons (Fsp3) is 0.661. The summed E-state index contributed by atoms with van der Waals surface area (Å²) in [6, 6.07) is -3.54. The highest BCUT2D eigenvalue weighted by atomic mass is 16.8. The van der Waals surface area contributed by atoms with Crippen LogP contribution in [0.3, 0.4) is 0 Å². The number of carbonyl (C=O) groups is 8. The Bertz CT molecular complexity index is 3160. The molecule has 0 spiro atoms. The lowest BCUT2D eigenvalue weighted by Gasteiger charge is -2.46. The Hall–Kier alpha value is -7.41. The van der Waals surface area contributed by atoms with Gasteiger partial charge in [0.2, 0.25) is 11.8 Å². The van der Waals surface area contributed by atoms with Crippen LogP contribution in [0.15, 0.2) is 46.1 Å². The van der Waals surface area contributed by atoms with Crippen molar-refractivity contribution >= 4 is 64.3 Å². The van der Waals surface area contributed by atoms with Crippen molar-refractivity contribution in [2.24, 2.45) is 39.4 Å². The van der Waals surface area contributed by atoms with Crippen LogP contribution in [0.2, 0.25) is 0 Å². The number of primary amides is 1. The first kappa shape index (κ1) is 76.6. The highest BCUT2D eigenvalue weighted by Gasteiger charge is 2.54. The van der Waals surface area contributed by atoms with Crippen molar-refractivity contribution in [1.29, 1.82) is 0 Å². The number of nitrogens with zero attached hydrogens (tertiary/aromatic N) is 5. The molecule has 0 aliphatic carbocycles. The number of hydrogen-bond acceptors (Lipinski definition) is 27. The third-order valence-corrected chi connectivity index (χ3v) is 17.1. The molecule has 6 rings (SSSR count). The minimum Gasteiger partial charge on any atom is -0.441 e. The topological polar surface area (TPSA) is 524 Å². The number of carbonyl (C=O) groups excluding carboxylic acids is 8. The van der Waals surface area contributed by atoms with E-state index in [1.165, 1.54) is 41.5 Å². The second-order valence-electron chi connectivity index (χ2n) is 25.0. The highest BCUT2D eigenvalue weighted by molar-refractivity contribution is 6.11. The Labute approximate surface area is 548 Å². The van der Waals surface area contributed by atoms with E-state index >= 15 is 4.79 Å². The highest BCUT2D eigenvalue weighted by Crippen LogP contribution is 2.35. The van der Waals surface area contributed by atoms with Gasteiger partial charge in [-0.3, -0.25) is 33.8 Å². The van der Waals surface area contributed by atoms with Gasteiger partial charge in [-0.05, 0) is 72.3 Å². The van der Waals surface area contributed by atoms with Crippen LogP contribution in [0.4, 0.5) is 10.6 Å². The number of ether oxygens (including phenoxy) is 5. The van der Waals surface area contributed by atoms with Gasteiger partial charge in [0.1, 0.15) is 89.2 Å². The molecule has 2 aromatic heterocycles. The predicted octanol–water partition coefficient (Wildman–Crippen LogP) is -1.33. The SMILES string of the molecule is CC(=O)C[C@H](CC[C@H](C)C(C)=O)c1nc(N)c(C)c(C(=O)N[C@H](C(=O)N[C@H](C)[C@@H](O)[C@H](C)C(=O)C[C@H](C(=O)NCCC2=NC(C3=NC(C(=O)NCCCC(C)C)=CC3)=CC2)[C@@H](C)O)[C@@H](OC2OC(O)C(O)C(O)C2OC2OC(CO)C(O)C(OC(N)=O)C2O)c2cnc[nH]2)n1. The number of anilines is 1. The summed E-state index contributed by atoms with van der Waals surface area (Å²) in [6.45, 7) is 13.7. The minimum absolute atomic E-state index is 0.0171. The van der Waals surface area contributed by atoms with E-state index in [9.17, 15) is 74.4 Å². The first-order valence-electron chi connectivity index (χ1n) is 31.6. The maximum absolute atomic E-state index is 15.2. The van der Waals surface area contributed by atoms with Crippen molar-refractivity contribution < 1.29 is 103 Å². The van der Waals surface area contributed by atoms with Gasteiger partial charge in [0.05, 0.1) is 60.4 Å². The number of rotatable bonds is 35. The molecule has 2 saturated heterocycles. The van der Waals surface area contributed by atoms with E-state index in [0.717, 1.165) is 31.1 Å². The summed E-state index contributed by atoms with van der Waals surface area (Å²) in [4.78, 5) is 132.